The number of methoxy groups -OCH3 is 2. The molecule has 3 rings (SSSR count). The first-order valence-electron chi connectivity index (χ1n) is 7.91. The molecular weight excluding hydrogens is 338 g/mol. The fourth-order valence-electron chi connectivity index (χ4n) is 2.63. The van der Waals surface area contributed by atoms with Gasteiger partial charge in [-0.15, -0.1) is 0 Å². The first kappa shape index (κ1) is 17.5. The average Bonchev–Trinajstić information content (AvgIpc) is 2.92. The first-order valence-corrected chi connectivity index (χ1v) is 7.91. The van der Waals surface area contributed by atoms with Gasteiger partial charge in [-0.05, 0) is 26.0 Å². The number of hydrogen-bond acceptors (Lipinski definition) is 6. The molecule has 1 N–H and O–H groups in total. The SMILES string of the molecule is COc1ccc(NC(=O)Cn2cnc3oc(C)c(C)c3c2=O)c(OC)c1. The van der Waals surface area contributed by atoms with Crippen LogP contribution in [0, 0.1) is 13.8 Å². The number of rotatable bonds is 5. The minimum Gasteiger partial charge on any atom is -0.497 e. The summed E-state index contributed by atoms with van der Waals surface area (Å²) in [6.45, 7) is 3.38. The molecule has 136 valence electrons. The number of aryl methyl sites for hydroxylation is 2. The number of amides is 1. The summed E-state index contributed by atoms with van der Waals surface area (Å²) in [5.41, 5.74) is 1.17. The summed E-state index contributed by atoms with van der Waals surface area (Å²) in [6, 6.07) is 5.03. The first-order chi connectivity index (χ1) is 12.4. The fraction of sp³-hybridized carbons (Fsp3) is 0.278. The second-order valence-corrected chi connectivity index (χ2v) is 5.76. The van der Waals surface area contributed by atoms with Crippen LogP contribution in [0.3, 0.4) is 0 Å². The van der Waals surface area contributed by atoms with Gasteiger partial charge in [-0.1, -0.05) is 0 Å². The van der Waals surface area contributed by atoms with Crippen LogP contribution in [-0.4, -0.2) is 29.7 Å². The monoisotopic (exact) mass is 357 g/mol. The number of anilines is 1. The van der Waals surface area contributed by atoms with Gasteiger partial charge < -0.3 is 19.2 Å². The summed E-state index contributed by atoms with van der Waals surface area (Å²) < 4.78 is 17.1. The van der Waals surface area contributed by atoms with Gasteiger partial charge in [0.2, 0.25) is 11.6 Å². The molecule has 1 amide bonds. The maximum atomic E-state index is 12.6. The summed E-state index contributed by atoms with van der Waals surface area (Å²) in [5.74, 6) is 1.32. The van der Waals surface area contributed by atoms with E-state index >= 15 is 0 Å². The molecule has 0 spiro atoms. The minimum atomic E-state index is -0.380. The van der Waals surface area contributed by atoms with Crippen molar-refractivity contribution in [2.75, 3.05) is 19.5 Å². The van der Waals surface area contributed by atoms with Crippen molar-refractivity contribution in [3.63, 3.8) is 0 Å². The number of benzene rings is 1. The second kappa shape index (κ2) is 6.91. The Morgan fingerprint density at radius 3 is 2.73 bits per heavy atom. The van der Waals surface area contributed by atoms with Gasteiger partial charge in [0.25, 0.3) is 5.56 Å². The molecule has 0 aliphatic heterocycles. The lowest BCUT2D eigenvalue weighted by Gasteiger charge is -2.12. The maximum absolute atomic E-state index is 12.6. The van der Waals surface area contributed by atoms with Crippen LogP contribution in [0.2, 0.25) is 0 Å². The number of nitrogens with zero attached hydrogens (tertiary/aromatic N) is 2. The Balaban J connectivity index is 1.85. The molecule has 0 unspecified atom stereocenters. The fourth-order valence-corrected chi connectivity index (χ4v) is 2.63. The van der Waals surface area contributed by atoms with E-state index < -0.39 is 0 Å². The van der Waals surface area contributed by atoms with Crippen molar-refractivity contribution in [3.8, 4) is 11.5 Å². The van der Waals surface area contributed by atoms with Crippen molar-refractivity contribution in [2.24, 2.45) is 0 Å². The van der Waals surface area contributed by atoms with E-state index in [1.807, 2.05) is 0 Å². The number of nitrogens with one attached hydrogen (secondary N) is 1. The van der Waals surface area contributed by atoms with Gasteiger partial charge in [-0.25, -0.2) is 4.98 Å². The highest BCUT2D eigenvalue weighted by Gasteiger charge is 2.16. The average molecular weight is 357 g/mol. The van der Waals surface area contributed by atoms with Gasteiger partial charge in [-0.2, -0.15) is 0 Å². The highest BCUT2D eigenvalue weighted by Crippen LogP contribution is 2.29. The van der Waals surface area contributed by atoms with Gasteiger partial charge in [0.05, 0.1) is 19.9 Å². The molecule has 0 aliphatic carbocycles. The Kier molecular flexibility index (Phi) is 4.66. The van der Waals surface area contributed by atoms with Crippen LogP contribution in [0.4, 0.5) is 5.69 Å². The Bertz CT molecular complexity index is 1040. The molecule has 0 bridgehead atoms. The smallest absolute Gasteiger partial charge is 0.265 e. The van der Waals surface area contributed by atoms with E-state index in [4.69, 9.17) is 13.9 Å². The number of aromatic nitrogens is 2. The normalized spacial score (nSPS) is 10.8. The number of hydrogen-bond donors (Lipinski definition) is 1. The van der Waals surface area contributed by atoms with Gasteiger partial charge in [-0.3, -0.25) is 14.2 Å². The number of carbonyl (C=O) groups excluding carboxylic acids is 1. The number of fused-ring (bicyclic) bond motifs is 1. The molecule has 0 saturated carbocycles. The number of furan rings is 1. The zero-order valence-electron chi connectivity index (χ0n) is 15.0. The third-order valence-corrected chi connectivity index (χ3v) is 4.15. The van der Waals surface area contributed by atoms with Crippen molar-refractivity contribution in [3.05, 3.63) is 46.2 Å². The summed E-state index contributed by atoms with van der Waals surface area (Å²) in [5, 5.41) is 3.11. The molecular formula is C18H19N3O5. The Labute approximate surface area is 149 Å². The minimum absolute atomic E-state index is 0.180. The number of carbonyl (C=O) groups is 1. The van der Waals surface area contributed by atoms with E-state index in [1.54, 1.807) is 39.2 Å². The lowest BCUT2D eigenvalue weighted by atomic mass is 10.2. The summed E-state index contributed by atoms with van der Waals surface area (Å²) in [4.78, 5) is 29.1. The Hall–Kier alpha value is -3.29. The van der Waals surface area contributed by atoms with Crippen LogP contribution < -0.4 is 20.3 Å². The van der Waals surface area contributed by atoms with Gasteiger partial charge in [0, 0.05) is 11.6 Å². The van der Waals surface area contributed by atoms with Gasteiger partial charge in [0.1, 0.15) is 35.5 Å². The topological polar surface area (TPSA) is 95.6 Å². The standard InChI is InChI=1S/C18H19N3O5/c1-10-11(2)26-17-16(10)18(23)21(9-19-17)8-15(22)20-13-6-5-12(24-3)7-14(13)25-4/h5-7,9H,8H2,1-4H3,(H,20,22). The predicted molar refractivity (Wildman–Crippen MR) is 95.9 cm³/mol. The van der Waals surface area contributed by atoms with Crippen molar-refractivity contribution in [1.29, 1.82) is 0 Å². The third-order valence-electron chi connectivity index (χ3n) is 4.15. The highest BCUT2D eigenvalue weighted by atomic mass is 16.5. The molecule has 1 aromatic carbocycles. The van der Waals surface area contributed by atoms with Gasteiger partial charge >= 0.3 is 0 Å². The molecule has 0 aliphatic rings. The molecule has 0 fully saturated rings. The molecule has 0 atom stereocenters. The Morgan fingerprint density at radius 2 is 2.04 bits per heavy atom. The van der Waals surface area contributed by atoms with Gasteiger partial charge in [0.15, 0.2) is 0 Å². The lowest BCUT2D eigenvalue weighted by molar-refractivity contribution is -0.116. The molecule has 8 heteroatoms. The van der Waals surface area contributed by atoms with Crippen LogP contribution in [0.1, 0.15) is 11.3 Å². The molecule has 3 aromatic rings. The summed E-state index contributed by atoms with van der Waals surface area (Å²) in [6.07, 6.45) is 1.30. The molecule has 8 nitrogen and oxygen atoms in total. The van der Waals surface area contributed by atoms with Crippen molar-refractivity contribution in [1.82, 2.24) is 9.55 Å². The van der Waals surface area contributed by atoms with E-state index in [9.17, 15) is 9.59 Å². The van der Waals surface area contributed by atoms with E-state index in [0.717, 1.165) is 5.56 Å². The van der Waals surface area contributed by atoms with E-state index in [1.165, 1.54) is 18.0 Å². The summed E-state index contributed by atoms with van der Waals surface area (Å²) in [7, 11) is 3.04. The van der Waals surface area contributed by atoms with Crippen molar-refractivity contribution in [2.45, 2.75) is 20.4 Å². The third kappa shape index (κ3) is 3.13. The maximum Gasteiger partial charge on any atom is 0.265 e. The molecule has 0 radical (unpaired) electrons. The molecule has 0 saturated heterocycles. The highest BCUT2D eigenvalue weighted by molar-refractivity contribution is 5.92. The summed E-state index contributed by atoms with van der Waals surface area (Å²) >= 11 is 0. The Morgan fingerprint density at radius 1 is 1.27 bits per heavy atom. The van der Waals surface area contributed by atoms with E-state index in [-0.39, 0.29) is 23.7 Å². The second-order valence-electron chi connectivity index (χ2n) is 5.76. The molecule has 2 heterocycles. The number of ether oxygens (including phenoxy) is 2. The molecule has 26 heavy (non-hydrogen) atoms. The van der Waals surface area contributed by atoms with Crippen molar-refractivity contribution >= 4 is 22.7 Å². The van der Waals surface area contributed by atoms with Crippen molar-refractivity contribution < 1.29 is 18.7 Å². The van der Waals surface area contributed by atoms with Crippen LogP contribution in [0.15, 0.2) is 33.7 Å². The van der Waals surface area contributed by atoms with Crippen LogP contribution in [-0.2, 0) is 11.3 Å². The zero-order valence-corrected chi connectivity index (χ0v) is 15.0. The molecule has 2 aromatic heterocycles. The zero-order chi connectivity index (χ0) is 18.8. The van der Waals surface area contributed by atoms with E-state index in [0.29, 0.717) is 28.3 Å². The van der Waals surface area contributed by atoms with E-state index in [2.05, 4.69) is 10.3 Å². The predicted octanol–water partition coefficient (Wildman–Crippen LogP) is 2.26. The largest absolute Gasteiger partial charge is 0.497 e. The lowest BCUT2D eigenvalue weighted by Crippen LogP contribution is -2.28. The van der Waals surface area contributed by atoms with Crippen LogP contribution in [0.25, 0.3) is 11.1 Å². The quantitative estimate of drug-likeness (QED) is 0.752. The van der Waals surface area contributed by atoms with Crippen LogP contribution >= 0.6 is 0 Å². The van der Waals surface area contributed by atoms with Crippen LogP contribution in [0.5, 0.6) is 11.5 Å².